The molecule has 0 radical (unpaired) electrons. The van der Waals surface area contributed by atoms with Gasteiger partial charge in [0.05, 0.1) is 6.04 Å². The normalized spacial score (nSPS) is 19.8. The molecule has 0 aliphatic carbocycles. The van der Waals surface area contributed by atoms with E-state index in [0.717, 1.165) is 30.8 Å². The van der Waals surface area contributed by atoms with Crippen LogP contribution in [-0.2, 0) is 0 Å². The zero-order valence-corrected chi connectivity index (χ0v) is 13.5. The summed E-state index contributed by atoms with van der Waals surface area (Å²) in [6.07, 6.45) is 8.65. The summed E-state index contributed by atoms with van der Waals surface area (Å²) in [4.78, 5) is 4.52. The first-order valence-corrected chi connectivity index (χ1v) is 7.72. The van der Waals surface area contributed by atoms with E-state index in [9.17, 15) is 0 Å². The van der Waals surface area contributed by atoms with Crippen LogP contribution in [0.25, 0.3) is 11.3 Å². The molecule has 22 heavy (non-hydrogen) atoms. The van der Waals surface area contributed by atoms with Crippen LogP contribution in [0.5, 0.6) is 0 Å². The van der Waals surface area contributed by atoms with Crippen molar-refractivity contribution < 1.29 is 0 Å². The highest BCUT2D eigenvalue weighted by molar-refractivity contribution is 5.84. The standard InChI is InChI=1S/C19H25N3/c1-4-5-14(2)18-12-16(7-6-15(18)3)19(20)9-11-22-17-8-10-21-13-17/h4-7,9,11-12,17,21H,1,8,10,13,20H2,2-3H3/b14-5+,19-9?,22-11?. The number of nitrogens with zero attached hydrogens (tertiary/aromatic N) is 1. The molecule has 3 heteroatoms. The number of benzene rings is 1. The second-order valence-electron chi connectivity index (χ2n) is 5.68. The molecule has 0 saturated carbocycles. The molecule has 0 bridgehead atoms. The molecule has 3 nitrogen and oxygen atoms in total. The molecule has 3 N–H and O–H groups in total. The van der Waals surface area contributed by atoms with Crippen molar-refractivity contribution in [3.8, 4) is 0 Å². The van der Waals surface area contributed by atoms with Gasteiger partial charge in [0.2, 0.25) is 0 Å². The highest BCUT2D eigenvalue weighted by atomic mass is 15.0. The molecule has 1 fully saturated rings. The molecule has 1 heterocycles. The van der Waals surface area contributed by atoms with Crippen molar-refractivity contribution in [2.24, 2.45) is 10.7 Å². The van der Waals surface area contributed by atoms with Crippen molar-refractivity contribution >= 4 is 17.5 Å². The largest absolute Gasteiger partial charge is 0.398 e. The number of nitrogens with two attached hydrogens (primary N) is 1. The van der Waals surface area contributed by atoms with Crippen molar-refractivity contribution in [2.45, 2.75) is 26.3 Å². The van der Waals surface area contributed by atoms with Gasteiger partial charge in [-0.05, 0) is 61.2 Å². The van der Waals surface area contributed by atoms with Crippen LogP contribution < -0.4 is 11.1 Å². The first kappa shape index (κ1) is 16.2. The first-order chi connectivity index (χ1) is 10.6. The number of rotatable bonds is 5. The molecule has 2 rings (SSSR count). The number of hydrogen-bond acceptors (Lipinski definition) is 3. The Hall–Kier alpha value is -2.13. The third-order valence-corrected chi connectivity index (χ3v) is 3.95. The average molecular weight is 295 g/mol. The van der Waals surface area contributed by atoms with Gasteiger partial charge in [-0.1, -0.05) is 30.9 Å². The maximum Gasteiger partial charge on any atom is 0.0636 e. The highest BCUT2D eigenvalue weighted by Gasteiger charge is 2.11. The molecular formula is C19H25N3. The van der Waals surface area contributed by atoms with Gasteiger partial charge in [-0.15, -0.1) is 0 Å². The molecule has 0 aromatic heterocycles. The van der Waals surface area contributed by atoms with E-state index in [1.807, 2.05) is 24.4 Å². The zero-order chi connectivity index (χ0) is 15.9. The molecule has 0 amide bonds. The third kappa shape index (κ3) is 4.18. The van der Waals surface area contributed by atoms with Crippen molar-refractivity contribution in [2.75, 3.05) is 13.1 Å². The van der Waals surface area contributed by atoms with Crippen LogP contribution >= 0.6 is 0 Å². The van der Waals surface area contributed by atoms with E-state index in [4.69, 9.17) is 5.73 Å². The van der Waals surface area contributed by atoms with E-state index in [1.165, 1.54) is 16.7 Å². The lowest BCUT2D eigenvalue weighted by Gasteiger charge is -2.09. The quantitative estimate of drug-likeness (QED) is 0.647. The second kappa shape index (κ2) is 7.76. The Morgan fingerprint density at radius 2 is 2.23 bits per heavy atom. The van der Waals surface area contributed by atoms with E-state index in [-0.39, 0.29) is 0 Å². The van der Waals surface area contributed by atoms with Gasteiger partial charge in [0.15, 0.2) is 0 Å². The van der Waals surface area contributed by atoms with Crippen molar-refractivity contribution in [1.29, 1.82) is 0 Å². The molecule has 1 aromatic rings. The number of allylic oxidation sites excluding steroid dienone is 4. The summed E-state index contributed by atoms with van der Waals surface area (Å²) >= 11 is 0. The Morgan fingerprint density at radius 3 is 2.91 bits per heavy atom. The molecule has 1 aliphatic heterocycles. The SMILES string of the molecule is C=C/C=C(\C)c1cc(C(N)=CC=NC2CCNC2)ccc1C. The Kier molecular flexibility index (Phi) is 5.73. The van der Waals surface area contributed by atoms with E-state index in [1.54, 1.807) is 0 Å². The Morgan fingerprint density at radius 1 is 1.41 bits per heavy atom. The highest BCUT2D eigenvalue weighted by Crippen LogP contribution is 2.22. The fraction of sp³-hybridized carbons (Fsp3) is 0.316. The summed E-state index contributed by atoms with van der Waals surface area (Å²) < 4.78 is 0. The predicted molar refractivity (Wildman–Crippen MR) is 97.0 cm³/mol. The van der Waals surface area contributed by atoms with Crippen LogP contribution in [0, 0.1) is 6.92 Å². The fourth-order valence-corrected chi connectivity index (χ4v) is 2.60. The average Bonchev–Trinajstić information content (AvgIpc) is 3.01. The summed E-state index contributed by atoms with van der Waals surface area (Å²) in [5.74, 6) is 0. The molecule has 1 saturated heterocycles. The minimum atomic E-state index is 0.385. The van der Waals surface area contributed by atoms with Gasteiger partial charge < -0.3 is 11.1 Å². The predicted octanol–water partition coefficient (Wildman–Crippen LogP) is 3.32. The monoisotopic (exact) mass is 295 g/mol. The van der Waals surface area contributed by atoms with Gasteiger partial charge in [0, 0.05) is 18.5 Å². The maximum atomic E-state index is 6.19. The summed E-state index contributed by atoms with van der Waals surface area (Å²) in [7, 11) is 0. The molecule has 1 aliphatic rings. The summed E-state index contributed by atoms with van der Waals surface area (Å²) in [5, 5.41) is 3.30. The van der Waals surface area contributed by atoms with Gasteiger partial charge in [-0.25, -0.2) is 0 Å². The summed E-state index contributed by atoms with van der Waals surface area (Å²) in [5.41, 5.74) is 11.6. The molecule has 0 spiro atoms. The van der Waals surface area contributed by atoms with Gasteiger partial charge in [0.1, 0.15) is 0 Å². The van der Waals surface area contributed by atoms with E-state index < -0.39 is 0 Å². The van der Waals surface area contributed by atoms with Crippen LogP contribution in [0.1, 0.15) is 30.0 Å². The van der Waals surface area contributed by atoms with Gasteiger partial charge in [-0.2, -0.15) is 0 Å². The fourth-order valence-electron chi connectivity index (χ4n) is 2.60. The van der Waals surface area contributed by atoms with Crippen molar-refractivity contribution in [3.05, 3.63) is 59.7 Å². The Labute approximate surface area is 133 Å². The Bertz CT molecular complexity index is 618. The smallest absolute Gasteiger partial charge is 0.0636 e. The molecule has 1 unspecified atom stereocenters. The molecular weight excluding hydrogens is 270 g/mol. The third-order valence-electron chi connectivity index (χ3n) is 3.95. The van der Waals surface area contributed by atoms with Crippen molar-refractivity contribution in [1.82, 2.24) is 5.32 Å². The van der Waals surface area contributed by atoms with E-state index in [2.05, 4.69) is 48.9 Å². The number of nitrogens with one attached hydrogen (secondary N) is 1. The molecule has 1 atom stereocenters. The number of aryl methyl sites for hydroxylation is 1. The lowest BCUT2D eigenvalue weighted by molar-refractivity contribution is 0.748. The molecule has 1 aromatic carbocycles. The lowest BCUT2D eigenvalue weighted by Crippen LogP contribution is -2.11. The zero-order valence-electron chi connectivity index (χ0n) is 13.5. The van der Waals surface area contributed by atoms with Crippen LogP contribution in [0.15, 0.2) is 48.0 Å². The van der Waals surface area contributed by atoms with Crippen LogP contribution in [-0.4, -0.2) is 25.3 Å². The minimum absolute atomic E-state index is 0.385. The second-order valence-corrected chi connectivity index (χ2v) is 5.68. The maximum absolute atomic E-state index is 6.19. The van der Waals surface area contributed by atoms with Crippen LogP contribution in [0.3, 0.4) is 0 Å². The topological polar surface area (TPSA) is 50.4 Å². The summed E-state index contributed by atoms with van der Waals surface area (Å²) in [6, 6.07) is 6.66. The van der Waals surface area contributed by atoms with Crippen LogP contribution in [0.4, 0.5) is 0 Å². The van der Waals surface area contributed by atoms with Crippen molar-refractivity contribution in [3.63, 3.8) is 0 Å². The number of hydrogen-bond donors (Lipinski definition) is 2. The van der Waals surface area contributed by atoms with Gasteiger partial charge in [0.25, 0.3) is 0 Å². The van der Waals surface area contributed by atoms with Gasteiger partial charge in [-0.3, -0.25) is 4.99 Å². The van der Waals surface area contributed by atoms with E-state index in [0.29, 0.717) is 6.04 Å². The number of aliphatic imine (C=N–C) groups is 1. The minimum Gasteiger partial charge on any atom is -0.398 e. The van der Waals surface area contributed by atoms with Crippen LogP contribution in [0.2, 0.25) is 0 Å². The van der Waals surface area contributed by atoms with E-state index >= 15 is 0 Å². The van der Waals surface area contributed by atoms with Gasteiger partial charge >= 0.3 is 0 Å². The lowest BCUT2D eigenvalue weighted by atomic mass is 9.97. The Balaban J connectivity index is 2.18. The molecule has 116 valence electrons. The first-order valence-electron chi connectivity index (χ1n) is 7.72. The summed E-state index contributed by atoms with van der Waals surface area (Å²) in [6.45, 7) is 9.96.